The molecule has 1 fully saturated rings. The van der Waals surface area contributed by atoms with Gasteiger partial charge in [-0.15, -0.1) is 12.4 Å². The standard InChI is InChI=1S/C14H26N4O2S.ClH/c1-10(2)9-18-12(4)14(11(3)16-18)21(19,20)17(5)13-6-7-15-8-13;/h10,13,15H,6-9H2,1-5H3;1H. The minimum absolute atomic E-state index is 0. The summed E-state index contributed by atoms with van der Waals surface area (Å²) in [6, 6.07) is 0.0299. The largest absolute Gasteiger partial charge is 0.315 e. The van der Waals surface area contributed by atoms with Gasteiger partial charge in [-0.05, 0) is 32.7 Å². The van der Waals surface area contributed by atoms with Crippen LogP contribution in [0.5, 0.6) is 0 Å². The van der Waals surface area contributed by atoms with E-state index in [0.717, 1.165) is 25.2 Å². The molecule has 2 rings (SSSR count). The molecule has 1 saturated heterocycles. The maximum absolute atomic E-state index is 12.9. The average molecular weight is 351 g/mol. The number of nitrogens with one attached hydrogen (secondary N) is 1. The molecular weight excluding hydrogens is 324 g/mol. The van der Waals surface area contributed by atoms with Gasteiger partial charge in [-0.3, -0.25) is 4.68 Å². The number of hydrogen-bond donors (Lipinski definition) is 1. The Balaban J connectivity index is 0.00000242. The van der Waals surface area contributed by atoms with E-state index in [4.69, 9.17) is 0 Å². The molecule has 2 heterocycles. The van der Waals surface area contributed by atoms with Crippen LogP contribution in [0.2, 0.25) is 0 Å². The third-order valence-electron chi connectivity index (χ3n) is 4.04. The molecular formula is C14H27ClN4O2S. The fraction of sp³-hybridized carbons (Fsp3) is 0.786. The summed E-state index contributed by atoms with van der Waals surface area (Å²) in [4.78, 5) is 0.373. The highest BCUT2D eigenvalue weighted by Gasteiger charge is 2.34. The Morgan fingerprint density at radius 1 is 1.41 bits per heavy atom. The van der Waals surface area contributed by atoms with Crippen LogP contribution in [0.3, 0.4) is 0 Å². The zero-order valence-corrected chi connectivity index (χ0v) is 15.6. The first-order chi connectivity index (χ1) is 9.75. The first-order valence-corrected chi connectivity index (χ1v) is 8.92. The summed E-state index contributed by atoms with van der Waals surface area (Å²) in [6.45, 7) is 10.1. The van der Waals surface area contributed by atoms with Gasteiger partial charge in [-0.25, -0.2) is 8.42 Å². The molecule has 0 radical (unpaired) electrons. The molecule has 0 spiro atoms. The zero-order valence-electron chi connectivity index (χ0n) is 14.0. The molecule has 1 aliphatic rings. The Morgan fingerprint density at radius 2 is 2.05 bits per heavy atom. The highest BCUT2D eigenvalue weighted by Crippen LogP contribution is 2.25. The summed E-state index contributed by atoms with van der Waals surface area (Å²) in [7, 11) is -1.82. The Morgan fingerprint density at radius 3 is 2.55 bits per heavy atom. The van der Waals surface area contributed by atoms with Crippen molar-refractivity contribution in [3.8, 4) is 0 Å². The highest BCUT2D eigenvalue weighted by molar-refractivity contribution is 7.89. The second kappa shape index (κ2) is 7.29. The predicted molar refractivity (Wildman–Crippen MR) is 90.0 cm³/mol. The van der Waals surface area contributed by atoms with Crippen molar-refractivity contribution in [2.75, 3.05) is 20.1 Å². The Bertz CT molecular complexity index is 607. The fourth-order valence-electron chi connectivity index (χ4n) is 2.87. The van der Waals surface area contributed by atoms with E-state index in [1.165, 1.54) is 4.31 Å². The summed E-state index contributed by atoms with van der Waals surface area (Å²) >= 11 is 0. The first-order valence-electron chi connectivity index (χ1n) is 7.48. The van der Waals surface area contributed by atoms with E-state index < -0.39 is 10.0 Å². The highest BCUT2D eigenvalue weighted by atomic mass is 35.5. The Labute approximate surface area is 139 Å². The maximum atomic E-state index is 12.9. The third-order valence-corrected chi connectivity index (χ3v) is 6.20. The van der Waals surface area contributed by atoms with E-state index in [-0.39, 0.29) is 18.4 Å². The zero-order chi connectivity index (χ0) is 15.8. The lowest BCUT2D eigenvalue weighted by molar-refractivity contribution is 0.387. The van der Waals surface area contributed by atoms with E-state index >= 15 is 0 Å². The van der Waals surface area contributed by atoms with E-state index in [1.54, 1.807) is 14.0 Å². The lowest BCUT2D eigenvalue weighted by atomic mass is 10.2. The number of likely N-dealkylation sites (N-methyl/N-ethyl adjacent to an activating group) is 1. The van der Waals surface area contributed by atoms with Crippen LogP contribution < -0.4 is 5.32 Å². The smallest absolute Gasteiger partial charge is 0.246 e. The van der Waals surface area contributed by atoms with Crippen molar-refractivity contribution < 1.29 is 8.42 Å². The number of aryl methyl sites for hydroxylation is 1. The second-order valence-corrected chi connectivity index (χ2v) is 8.18. The summed E-state index contributed by atoms with van der Waals surface area (Å²) in [5, 5.41) is 7.63. The second-order valence-electron chi connectivity index (χ2n) is 6.24. The predicted octanol–water partition coefficient (Wildman–Crippen LogP) is 1.56. The van der Waals surface area contributed by atoms with Gasteiger partial charge in [0.15, 0.2) is 0 Å². The minimum atomic E-state index is -3.49. The Kier molecular flexibility index (Phi) is 6.44. The SMILES string of the molecule is Cc1nn(CC(C)C)c(C)c1S(=O)(=O)N(C)C1CCNC1.Cl. The van der Waals surface area contributed by atoms with Crippen LogP contribution >= 0.6 is 12.4 Å². The van der Waals surface area contributed by atoms with Crippen LogP contribution in [0, 0.1) is 19.8 Å². The van der Waals surface area contributed by atoms with Crippen molar-refractivity contribution in [3.63, 3.8) is 0 Å². The lowest BCUT2D eigenvalue weighted by Gasteiger charge is -2.23. The van der Waals surface area contributed by atoms with Gasteiger partial charge in [0, 0.05) is 26.2 Å². The monoisotopic (exact) mass is 350 g/mol. The number of sulfonamides is 1. The van der Waals surface area contributed by atoms with Crippen LogP contribution in [0.1, 0.15) is 31.7 Å². The molecule has 1 aromatic rings. The van der Waals surface area contributed by atoms with Gasteiger partial charge in [0.25, 0.3) is 0 Å². The van der Waals surface area contributed by atoms with Gasteiger partial charge >= 0.3 is 0 Å². The molecule has 1 aliphatic heterocycles. The molecule has 22 heavy (non-hydrogen) atoms. The van der Waals surface area contributed by atoms with Crippen molar-refractivity contribution in [1.29, 1.82) is 0 Å². The first kappa shape index (κ1) is 19.4. The summed E-state index contributed by atoms with van der Waals surface area (Å²) < 4.78 is 29.1. The summed E-state index contributed by atoms with van der Waals surface area (Å²) in [6.07, 6.45) is 0.855. The Hall–Kier alpha value is -0.630. The number of hydrogen-bond acceptors (Lipinski definition) is 4. The number of rotatable bonds is 5. The normalized spacial score (nSPS) is 19.0. The summed E-state index contributed by atoms with van der Waals surface area (Å²) in [5.74, 6) is 0.426. The van der Waals surface area contributed by atoms with Gasteiger partial charge in [-0.2, -0.15) is 9.40 Å². The van der Waals surface area contributed by atoms with Crippen LogP contribution in [0.4, 0.5) is 0 Å². The average Bonchev–Trinajstić information content (AvgIpc) is 2.97. The molecule has 0 saturated carbocycles. The molecule has 8 heteroatoms. The van der Waals surface area contributed by atoms with Crippen molar-refractivity contribution in [1.82, 2.24) is 19.4 Å². The topological polar surface area (TPSA) is 67.2 Å². The fourth-order valence-corrected chi connectivity index (χ4v) is 4.62. The van der Waals surface area contributed by atoms with Crippen molar-refractivity contribution in [2.24, 2.45) is 5.92 Å². The minimum Gasteiger partial charge on any atom is -0.315 e. The summed E-state index contributed by atoms with van der Waals surface area (Å²) in [5.41, 5.74) is 1.32. The van der Waals surface area contributed by atoms with Crippen molar-refractivity contribution >= 4 is 22.4 Å². The number of halogens is 1. The molecule has 0 bridgehead atoms. The van der Waals surface area contributed by atoms with Crippen molar-refractivity contribution in [2.45, 2.75) is 51.6 Å². The van der Waals surface area contributed by atoms with E-state index in [9.17, 15) is 8.42 Å². The molecule has 1 N–H and O–H groups in total. The molecule has 0 aromatic carbocycles. The van der Waals surface area contributed by atoms with E-state index in [2.05, 4.69) is 24.3 Å². The lowest BCUT2D eigenvalue weighted by Crippen LogP contribution is -2.38. The van der Waals surface area contributed by atoms with E-state index in [1.807, 2.05) is 11.6 Å². The molecule has 1 atom stereocenters. The molecule has 6 nitrogen and oxygen atoms in total. The van der Waals surface area contributed by atoms with Gasteiger partial charge in [0.2, 0.25) is 10.0 Å². The van der Waals surface area contributed by atoms with Crippen LogP contribution in [-0.2, 0) is 16.6 Å². The van der Waals surface area contributed by atoms with Gasteiger partial charge in [0.1, 0.15) is 4.90 Å². The van der Waals surface area contributed by atoms with Crippen LogP contribution in [0.15, 0.2) is 4.90 Å². The number of nitrogens with zero attached hydrogens (tertiary/aromatic N) is 3. The molecule has 0 amide bonds. The quantitative estimate of drug-likeness (QED) is 0.875. The molecule has 1 aromatic heterocycles. The van der Waals surface area contributed by atoms with Crippen LogP contribution in [0.25, 0.3) is 0 Å². The van der Waals surface area contributed by atoms with Gasteiger partial charge in [0.05, 0.1) is 11.4 Å². The molecule has 128 valence electrons. The van der Waals surface area contributed by atoms with Crippen molar-refractivity contribution in [3.05, 3.63) is 11.4 Å². The maximum Gasteiger partial charge on any atom is 0.246 e. The number of aromatic nitrogens is 2. The van der Waals surface area contributed by atoms with Gasteiger partial charge in [-0.1, -0.05) is 13.8 Å². The molecule has 1 unspecified atom stereocenters. The van der Waals surface area contributed by atoms with Crippen LogP contribution in [-0.4, -0.2) is 48.7 Å². The molecule has 0 aliphatic carbocycles. The van der Waals surface area contributed by atoms with E-state index in [0.29, 0.717) is 23.1 Å². The van der Waals surface area contributed by atoms with Gasteiger partial charge < -0.3 is 5.32 Å². The third kappa shape index (κ3) is 3.64.